The summed E-state index contributed by atoms with van der Waals surface area (Å²) in [5, 5.41) is 9.11. The van der Waals surface area contributed by atoms with Gasteiger partial charge in [0.25, 0.3) is 0 Å². The summed E-state index contributed by atoms with van der Waals surface area (Å²) in [5.41, 5.74) is 6.93. The summed E-state index contributed by atoms with van der Waals surface area (Å²) >= 11 is 0. The molecule has 1 heterocycles. The van der Waals surface area contributed by atoms with Gasteiger partial charge in [-0.3, -0.25) is 0 Å². The van der Waals surface area contributed by atoms with Gasteiger partial charge in [0, 0.05) is 13.1 Å². The second kappa shape index (κ2) is 5.23. The summed E-state index contributed by atoms with van der Waals surface area (Å²) in [4.78, 5) is 9.82. The molecule has 0 bridgehead atoms. The van der Waals surface area contributed by atoms with Gasteiger partial charge >= 0.3 is 0 Å². The number of methoxy groups -OCH3 is 1. The maximum atomic E-state index is 9.11. The van der Waals surface area contributed by atoms with Crippen LogP contribution in [0.15, 0.2) is 30.3 Å². The van der Waals surface area contributed by atoms with E-state index in [1.165, 1.54) is 7.11 Å². The van der Waals surface area contributed by atoms with E-state index in [4.69, 9.17) is 15.7 Å². The molecule has 0 fully saturated rings. The van der Waals surface area contributed by atoms with E-state index in [0.717, 1.165) is 5.69 Å². The number of rotatable bonds is 3. The highest BCUT2D eigenvalue weighted by Crippen LogP contribution is 2.27. The second-order valence-electron chi connectivity index (χ2n) is 3.81. The molecule has 6 nitrogen and oxygen atoms in total. The highest BCUT2D eigenvalue weighted by Gasteiger charge is 2.12. The van der Waals surface area contributed by atoms with Crippen molar-refractivity contribution in [1.82, 2.24) is 9.97 Å². The Balaban J connectivity index is 2.47. The van der Waals surface area contributed by atoms with E-state index in [1.807, 2.05) is 18.2 Å². The van der Waals surface area contributed by atoms with Crippen LogP contribution in [0, 0.1) is 11.3 Å². The summed E-state index contributed by atoms with van der Waals surface area (Å²) in [6.45, 7) is 0. The number of benzene rings is 1. The molecule has 6 heteroatoms. The molecule has 0 unspecified atom stereocenters. The predicted octanol–water partition coefficient (Wildman–Crippen LogP) is 1.71. The molecule has 0 aliphatic rings. The highest BCUT2D eigenvalue weighted by molar-refractivity contribution is 5.67. The van der Waals surface area contributed by atoms with E-state index in [0.29, 0.717) is 17.3 Å². The quantitative estimate of drug-likeness (QED) is 0.898. The number of ether oxygens (including phenoxy) is 1. The minimum Gasteiger partial charge on any atom is -0.481 e. The number of nitrogens with two attached hydrogens (primary N) is 1. The summed E-state index contributed by atoms with van der Waals surface area (Å²) in [6, 6.07) is 11.0. The maximum absolute atomic E-state index is 9.11. The van der Waals surface area contributed by atoms with E-state index >= 15 is 0 Å². The van der Waals surface area contributed by atoms with Crippen molar-refractivity contribution in [2.75, 3.05) is 24.8 Å². The average Bonchev–Trinajstić information content (AvgIpc) is 2.45. The molecule has 0 amide bonds. The molecule has 0 saturated carbocycles. The number of para-hydroxylation sites is 1. The monoisotopic (exact) mass is 255 g/mol. The molecule has 1 aromatic carbocycles. The van der Waals surface area contributed by atoms with Gasteiger partial charge in [-0.15, -0.1) is 0 Å². The van der Waals surface area contributed by atoms with Crippen LogP contribution in [0.2, 0.25) is 0 Å². The number of nitrogens with zero attached hydrogens (tertiary/aromatic N) is 4. The topological polar surface area (TPSA) is 88.1 Å². The molecule has 0 spiro atoms. The lowest BCUT2D eigenvalue weighted by Crippen LogP contribution is -2.14. The molecule has 19 heavy (non-hydrogen) atoms. The Morgan fingerprint density at radius 2 is 2.05 bits per heavy atom. The van der Waals surface area contributed by atoms with Crippen LogP contribution in [0.4, 0.5) is 17.5 Å². The Morgan fingerprint density at radius 1 is 1.32 bits per heavy atom. The SMILES string of the molecule is COc1cc(N(C)c2ccccc2C#N)nc(N)n1. The number of hydrogen-bond acceptors (Lipinski definition) is 6. The minimum atomic E-state index is 0.121. The van der Waals surface area contributed by atoms with E-state index in [1.54, 1.807) is 24.1 Å². The van der Waals surface area contributed by atoms with Crippen molar-refractivity contribution in [2.24, 2.45) is 0 Å². The van der Waals surface area contributed by atoms with Crippen LogP contribution in [-0.2, 0) is 0 Å². The van der Waals surface area contributed by atoms with Gasteiger partial charge in [-0.25, -0.2) is 0 Å². The first-order valence-electron chi connectivity index (χ1n) is 5.57. The van der Waals surface area contributed by atoms with Crippen molar-refractivity contribution in [1.29, 1.82) is 5.26 Å². The molecule has 0 saturated heterocycles. The molecule has 0 aliphatic heterocycles. The zero-order valence-corrected chi connectivity index (χ0v) is 10.7. The zero-order chi connectivity index (χ0) is 13.8. The summed E-state index contributed by atoms with van der Waals surface area (Å²) in [7, 11) is 3.31. The first kappa shape index (κ1) is 12.6. The standard InChI is InChI=1S/C13H13N5O/c1-18(10-6-4-3-5-9(10)8-14)11-7-12(19-2)17-13(15)16-11/h3-7H,1-2H3,(H2,15,16,17). The molecule has 0 radical (unpaired) electrons. The Hall–Kier alpha value is -2.81. The third-order valence-electron chi connectivity index (χ3n) is 2.65. The van der Waals surface area contributed by atoms with Gasteiger partial charge in [-0.05, 0) is 12.1 Å². The van der Waals surface area contributed by atoms with Gasteiger partial charge in [0.2, 0.25) is 11.8 Å². The Bertz CT molecular complexity index is 635. The fourth-order valence-electron chi connectivity index (χ4n) is 1.69. The predicted molar refractivity (Wildman–Crippen MR) is 72.2 cm³/mol. The van der Waals surface area contributed by atoms with Crippen LogP contribution in [0.25, 0.3) is 0 Å². The summed E-state index contributed by atoms with van der Waals surface area (Å²) in [5.74, 6) is 1.06. The van der Waals surface area contributed by atoms with E-state index in [-0.39, 0.29) is 5.95 Å². The lowest BCUT2D eigenvalue weighted by molar-refractivity contribution is 0.398. The van der Waals surface area contributed by atoms with Crippen LogP contribution < -0.4 is 15.4 Å². The van der Waals surface area contributed by atoms with E-state index in [2.05, 4.69) is 16.0 Å². The van der Waals surface area contributed by atoms with Crippen LogP contribution in [0.1, 0.15) is 5.56 Å². The summed E-state index contributed by atoms with van der Waals surface area (Å²) < 4.78 is 5.06. The Kier molecular flexibility index (Phi) is 3.48. The number of hydrogen-bond donors (Lipinski definition) is 1. The molecular formula is C13H13N5O. The maximum Gasteiger partial charge on any atom is 0.225 e. The lowest BCUT2D eigenvalue weighted by Gasteiger charge is -2.19. The van der Waals surface area contributed by atoms with E-state index < -0.39 is 0 Å². The largest absolute Gasteiger partial charge is 0.481 e. The first-order valence-corrected chi connectivity index (χ1v) is 5.57. The van der Waals surface area contributed by atoms with Crippen molar-refractivity contribution in [2.45, 2.75) is 0 Å². The van der Waals surface area contributed by atoms with Crippen molar-refractivity contribution in [3.63, 3.8) is 0 Å². The molecule has 2 rings (SSSR count). The molecule has 96 valence electrons. The minimum absolute atomic E-state index is 0.121. The number of nitriles is 1. The van der Waals surface area contributed by atoms with Gasteiger partial charge in [-0.1, -0.05) is 12.1 Å². The lowest BCUT2D eigenvalue weighted by atomic mass is 10.2. The average molecular weight is 255 g/mol. The normalized spacial score (nSPS) is 9.74. The Morgan fingerprint density at radius 3 is 2.74 bits per heavy atom. The second-order valence-corrected chi connectivity index (χ2v) is 3.81. The number of aromatic nitrogens is 2. The van der Waals surface area contributed by atoms with Crippen LogP contribution in [0.3, 0.4) is 0 Å². The molecule has 2 aromatic rings. The number of anilines is 3. The van der Waals surface area contributed by atoms with Gasteiger partial charge in [0.05, 0.1) is 18.4 Å². The van der Waals surface area contributed by atoms with Crippen molar-refractivity contribution >= 4 is 17.5 Å². The third-order valence-corrected chi connectivity index (χ3v) is 2.65. The number of nitrogen functional groups attached to an aromatic ring is 1. The van der Waals surface area contributed by atoms with Crippen molar-refractivity contribution in [3.05, 3.63) is 35.9 Å². The van der Waals surface area contributed by atoms with Crippen molar-refractivity contribution in [3.8, 4) is 11.9 Å². The molecule has 2 N–H and O–H groups in total. The Labute approximate surface area is 111 Å². The highest BCUT2D eigenvalue weighted by atomic mass is 16.5. The fraction of sp³-hybridized carbons (Fsp3) is 0.154. The van der Waals surface area contributed by atoms with Crippen LogP contribution in [0.5, 0.6) is 5.88 Å². The fourth-order valence-corrected chi connectivity index (χ4v) is 1.69. The first-order chi connectivity index (χ1) is 9.15. The molecule has 0 aliphatic carbocycles. The molecule has 0 atom stereocenters. The van der Waals surface area contributed by atoms with Gasteiger partial charge in [0.15, 0.2) is 0 Å². The smallest absolute Gasteiger partial charge is 0.225 e. The third kappa shape index (κ3) is 2.55. The van der Waals surface area contributed by atoms with Crippen molar-refractivity contribution < 1.29 is 4.74 Å². The zero-order valence-electron chi connectivity index (χ0n) is 10.7. The van der Waals surface area contributed by atoms with Gasteiger partial charge < -0.3 is 15.4 Å². The van der Waals surface area contributed by atoms with Gasteiger partial charge in [0.1, 0.15) is 11.9 Å². The van der Waals surface area contributed by atoms with Gasteiger partial charge in [-0.2, -0.15) is 15.2 Å². The van der Waals surface area contributed by atoms with Crippen LogP contribution >= 0.6 is 0 Å². The molecular weight excluding hydrogens is 242 g/mol. The molecule has 1 aromatic heterocycles. The van der Waals surface area contributed by atoms with E-state index in [9.17, 15) is 0 Å². The van der Waals surface area contributed by atoms with Crippen LogP contribution in [-0.4, -0.2) is 24.1 Å². The summed E-state index contributed by atoms with van der Waals surface area (Å²) in [6.07, 6.45) is 0.